The summed E-state index contributed by atoms with van der Waals surface area (Å²) in [6.45, 7) is 5.58. The van der Waals surface area contributed by atoms with Gasteiger partial charge < -0.3 is 14.6 Å². The van der Waals surface area contributed by atoms with Gasteiger partial charge >= 0.3 is 5.97 Å². The van der Waals surface area contributed by atoms with Crippen LogP contribution in [0.1, 0.15) is 83.6 Å². The SMILES string of the molecule is CN1C(=O)CC[C@@]2(C)C1CC[C@@H]1[C@H]2CC[C@]2(C)C(COC(=O)CCCc3c[nH]c4ccccc34)CC[C@@H]12. The van der Waals surface area contributed by atoms with Gasteiger partial charge in [-0.05, 0) is 104 Å². The number of fused-ring (bicyclic) bond motifs is 6. The molecule has 1 aromatic heterocycles. The van der Waals surface area contributed by atoms with Crippen molar-refractivity contribution < 1.29 is 14.3 Å². The van der Waals surface area contributed by atoms with Crippen LogP contribution in [0.2, 0.25) is 0 Å². The molecule has 3 saturated carbocycles. The molecule has 1 saturated heterocycles. The highest BCUT2D eigenvalue weighted by atomic mass is 16.5. The molecule has 5 heteroatoms. The van der Waals surface area contributed by atoms with Crippen molar-refractivity contribution in [3.63, 3.8) is 0 Å². The summed E-state index contributed by atoms with van der Waals surface area (Å²) in [6, 6.07) is 8.77. The van der Waals surface area contributed by atoms with E-state index in [4.69, 9.17) is 4.74 Å². The van der Waals surface area contributed by atoms with Crippen molar-refractivity contribution in [3.8, 4) is 0 Å². The maximum atomic E-state index is 12.7. The van der Waals surface area contributed by atoms with Crippen molar-refractivity contribution in [3.05, 3.63) is 36.0 Å². The van der Waals surface area contributed by atoms with Crippen molar-refractivity contribution >= 4 is 22.8 Å². The van der Waals surface area contributed by atoms with Gasteiger partial charge in [0.2, 0.25) is 5.91 Å². The van der Waals surface area contributed by atoms with E-state index in [1.807, 2.05) is 13.1 Å². The van der Waals surface area contributed by atoms with E-state index in [2.05, 4.69) is 48.1 Å². The Morgan fingerprint density at radius 1 is 1.05 bits per heavy atom. The molecule has 1 aliphatic heterocycles. The lowest BCUT2D eigenvalue weighted by molar-refractivity contribution is -0.160. The summed E-state index contributed by atoms with van der Waals surface area (Å²) in [5.41, 5.74) is 2.99. The molecule has 37 heavy (non-hydrogen) atoms. The van der Waals surface area contributed by atoms with E-state index in [0.717, 1.165) is 49.0 Å². The fourth-order valence-corrected chi connectivity index (χ4v) is 9.56. The number of nitrogens with one attached hydrogen (secondary N) is 1. The summed E-state index contributed by atoms with van der Waals surface area (Å²) in [7, 11) is 2.04. The van der Waals surface area contributed by atoms with E-state index < -0.39 is 0 Å². The van der Waals surface area contributed by atoms with Crippen LogP contribution in [0.3, 0.4) is 0 Å². The highest BCUT2D eigenvalue weighted by Gasteiger charge is 2.61. The van der Waals surface area contributed by atoms with Crippen LogP contribution >= 0.6 is 0 Å². The van der Waals surface area contributed by atoms with Gasteiger partial charge in [-0.25, -0.2) is 0 Å². The second-order valence-corrected chi connectivity index (χ2v) is 13.2. The molecule has 5 nitrogen and oxygen atoms in total. The quantitative estimate of drug-likeness (QED) is 0.456. The number of carbonyl (C=O) groups excluding carboxylic acids is 2. The van der Waals surface area contributed by atoms with Gasteiger partial charge in [0.05, 0.1) is 6.61 Å². The Kier molecular flexibility index (Phi) is 6.40. The summed E-state index contributed by atoms with van der Waals surface area (Å²) in [6.07, 6.45) is 13.4. The monoisotopic (exact) mass is 504 g/mol. The van der Waals surface area contributed by atoms with Crippen LogP contribution in [-0.4, -0.2) is 41.5 Å². The predicted molar refractivity (Wildman–Crippen MR) is 146 cm³/mol. The summed E-state index contributed by atoms with van der Waals surface area (Å²) >= 11 is 0. The number of piperidine rings is 1. The minimum absolute atomic E-state index is 0.0384. The number of H-pyrrole nitrogens is 1. The molecule has 1 aromatic carbocycles. The van der Waals surface area contributed by atoms with Crippen LogP contribution in [0.25, 0.3) is 10.9 Å². The fraction of sp³-hybridized carbons (Fsp3) is 0.688. The zero-order chi connectivity index (χ0) is 25.8. The number of aryl methyl sites for hydroxylation is 1. The number of hydrogen-bond acceptors (Lipinski definition) is 3. The molecule has 1 amide bonds. The number of benzene rings is 1. The second kappa shape index (κ2) is 9.47. The van der Waals surface area contributed by atoms with Gasteiger partial charge in [-0.3, -0.25) is 9.59 Å². The van der Waals surface area contributed by atoms with Crippen molar-refractivity contribution in [2.24, 2.45) is 34.5 Å². The number of hydrogen-bond donors (Lipinski definition) is 1. The largest absolute Gasteiger partial charge is 0.465 e. The Morgan fingerprint density at radius 3 is 2.73 bits per heavy atom. The number of likely N-dealkylation sites (tertiary alicyclic amines) is 1. The number of amides is 1. The number of para-hydroxylation sites is 1. The van der Waals surface area contributed by atoms with E-state index in [1.54, 1.807) is 0 Å². The molecule has 2 unspecified atom stereocenters. The smallest absolute Gasteiger partial charge is 0.305 e. The second-order valence-electron chi connectivity index (χ2n) is 13.2. The first-order chi connectivity index (χ1) is 17.8. The molecular formula is C32H44N2O3. The molecule has 0 spiro atoms. The van der Waals surface area contributed by atoms with Crippen LogP contribution in [0.15, 0.2) is 30.5 Å². The summed E-state index contributed by atoms with van der Waals surface area (Å²) in [5.74, 6) is 3.01. The fourth-order valence-electron chi connectivity index (χ4n) is 9.56. The topological polar surface area (TPSA) is 62.4 Å². The summed E-state index contributed by atoms with van der Waals surface area (Å²) < 4.78 is 5.92. The van der Waals surface area contributed by atoms with Crippen LogP contribution in [0.5, 0.6) is 0 Å². The Bertz CT molecular complexity index is 1170. The number of nitrogens with zero attached hydrogens (tertiary/aromatic N) is 1. The van der Waals surface area contributed by atoms with E-state index in [1.165, 1.54) is 43.1 Å². The highest BCUT2D eigenvalue weighted by molar-refractivity contribution is 5.83. The minimum atomic E-state index is -0.0384. The molecule has 4 fully saturated rings. The van der Waals surface area contributed by atoms with E-state index in [-0.39, 0.29) is 16.8 Å². The first-order valence-corrected chi connectivity index (χ1v) is 14.8. The maximum absolute atomic E-state index is 12.7. The van der Waals surface area contributed by atoms with Gasteiger partial charge in [0.1, 0.15) is 0 Å². The molecule has 2 aromatic rings. The number of aromatic nitrogens is 1. The molecule has 4 aliphatic rings. The molecule has 1 N–H and O–H groups in total. The van der Waals surface area contributed by atoms with Gasteiger partial charge in [-0.2, -0.15) is 0 Å². The van der Waals surface area contributed by atoms with Gasteiger partial charge in [-0.1, -0.05) is 32.0 Å². The number of carbonyl (C=O) groups is 2. The predicted octanol–water partition coefficient (Wildman–Crippen LogP) is 6.51. The van der Waals surface area contributed by atoms with Crippen LogP contribution in [0.4, 0.5) is 0 Å². The Labute approximate surface area is 221 Å². The average Bonchev–Trinajstić information content (AvgIpc) is 3.46. The number of esters is 1. The molecule has 3 aliphatic carbocycles. The van der Waals surface area contributed by atoms with Crippen molar-refractivity contribution in [1.82, 2.24) is 9.88 Å². The van der Waals surface area contributed by atoms with Gasteiger partial charge in [0, 0.05) is 43.0 Å². The maximum Gasteiger partial charge on any atom is 0.305 e. The zero-order valence-corrected chi connectivity index (χ0v) is 22.9. The molecule has 2 heterocycles. The van der Waals surface area contributed by atoms with Gasteiger partial charge in [0.15, 0.2) is 0 Å². The van der Waals surface area contributed by atoms with Crippen LogP contribution < -0.4 is 0 Å². The molecular weight excluding hydrogens is 460 g/mol. The minimum Gasteiger partial charge on any atom is -0.465 e. The van der Waals surface area contributed by atoms with Crippen LogP contribution in [-0.2, 0) is 20.7 Å². The average molecular weight is 505 g/mol. The first-order valence-electron chi connectivity index (χ1n) is 14.8. The zero-order valence-electron chi connectivity index (χ0n) is 22.9. The van der Waals surface area contributed by atoms with Crippen molar-refractivity contribution in [2.45, 2.75) is 90.5 Å². The lowest BCUT2D eigenvalue weighted by Gasteiger charge is -2.61. The normalized spacial score (nSPS) is 37.2. The van der Waals surface area contributed by atoms with Gasteiger partial charge in [-0.15, -0.1) is 0 Å². The van der Waals surface area contributed by atoms with E-state index >= 15 is 0 Å². The Morgan fingerprint density at radius 2 is 1.86 bits per heavy atom. The van der Waals surface area contributed by atoms with E-state index in [0.29, 0.717) is 37.3 Å². The number of aromatic amines is 1. The Balaban J connectivity index is 1.04. The summed E-state index contributed by atoms with van der Waals surface area (Å²) in [5, 5.41) is 1.26. The highest BCUT2D eigenvalue weighted by Crippen LogP contribution is 2.66. The molecule has 0 bridgehead atoms. The standard InChI is InChI=1S/C32H44N2O3/c1-31-17-15-26-24(12-14-28-32(26,2)18-16-29(35)34(28)3)25(31)13-11-22(31)20-37-30(36)10-6-7-21-19-33-27-9-5-4-8-23(21)27/h4-5,8-9,19,22,24-26,28,33H,6-7,10-18,20H2,1-3H3/t22?,24-,25-,26+,28?,31+,32+/m0/s1. The first kappa shape index (κ1) is 25.0. The van der Waals surface area contributed by atoms with Crippen molar-refractivity contribution in [2.75, 3.05) is 13.7 Å². The molecule has 6 rings (SSSR count). The third-order valence-corrected chi connectivity index (χ3v) is 11.7. The lowest BCUT2D eigenvalue weighted by atomic mass is 9.47. The Hall–Kier alpha value is -2.30. The summed E-state index contributed by atoms with van der Waals surface area (Å²) in [4.78, 5) is 30.5. The van der Waals surface area contributed by atoms with Gasteiger partial charge in [0.25, 0.3) is 0 Å². The molecule has 200 valence electrons. The van der Waals surface area contributed by atoms with Crippen LogP contribution in [0, 0.1) is 34.5 Å². The van der Waals surface area contributed by atoms with Crippen molar-refractivity contribution in [1.29, 1.82) is 0 Å². The molecule has 7 atom stereocenters. The van der Waals surface area contributed by atoms with E-state index in [9.17, 15) is 9.59 Å². The molecule has 0 radical (unpaired) electrons. The lowest BCUT2D eigenvalue weighted by Crippen LogP contribution is -2.61. The third kappa shape index (κ3) is 4.12. The number of ether oxygens (including phenoxy) is 1. The number of rotatable bonds is 6. The third-order valence-electron chi connectivity index (χ3n) is 11.7.